The molecule has 22 heavy (non-hydrogen) atoms. The third-order valence-corrected chi connectivity index (χ3v) is 3.41. The van der Waals surface area contributed by atoms with Crippen LogP contribution in [-0.2, 0) is 6.42 Å². The van der Waals surface area contributed by atoms with Crippen LogP contribution in [0.1, 0.15) is 12.7 Å². The molecule has 9 nitrogen and oxygen atoms in total. The van der Waals surface area contributed by atoms with Crippen molar-refractivity contribution >= 4 is 16.6 Å². The molecular formula is C13H14N6O3. The predicted octanol–water partition coefficient (Wildman–Crippen LogP) is 1.67. The van der Waals surface area contributed by atoms with Gasteiger partial charge in [-0.1, -0.05) is 5.16 Å². The van der Waals surface area contributed by atoms with Crippen LogP contribution in [-0.4, -0.2) is 38.4 Å². The van der Waals surface area contributed by atoms with Gasteiger partial charge in [-0.3, -0.25) is 15.2 Å². The number of hydrogen-bond acceptors (Lipinski definition) is 7. The number of likely N-dealkylation sites (N-methyl/N-ethyl adjacent to an activating group) is 1. The van der Waals surface area contributed by atoms with E-state index in [-0.39, 0.29) is 17.6 Å². The average molecular weight is 302 g/mol. The van der Waals surface area contributed by atoms with E-state index in [1.807, 2.05) is 14.0 Å². The smallest absolute Gasteiger partial charge is 0.279 e. The summed E-state index contributed by atoms with van der Waals surface area (Å²) in [4.78, 5) is 14.7. The summed E-state index contributed by atoms with van der Waals surface area (Å²) in [6.45, 7) is 2.00. The molecule has 0 spiro atoms. The number of rotatable bonds is 5. The molecule has 9 heteroatoms. The van der Waals surface area contributed by atoms with Crippen molar-refractivity contribution in [2.45, 2.75) is 19.4 Å². The Morgan fingerprint density at radius 3 is 3.05 bits per heavy atom. The van der Waals surface area contributed by atoms with Crippen LogP contribution < -0.4 is 5.32 Å². The molecule has 3 aromatic rings. The Hall–Kier alpha value is -2.81. The van der Waals surface area contributed by atoms with Crippen LogP contribution in [0.4, 0.5) is 5.69 Å². The minimum Gasteiger partial charge on any atom is -0.332 e. The van der Waals surface area contributed by atoms with Crippen LogP contribution in [0.25, 0.3) is 22.5 Å². The van der Waals surface area contributed by atoms with Gasteiger partial charge in [0.05, 0.1) is 10.4 Å². The zero-order valence-electron chi connectivity index (χ0n) is 12.0. The van der Waals surface area contributed by atoms with Crippen LogP contribution in [0.5, 0.6) is 0 Å². The lowest BCUT2D eigenvalue weighted by atomic mass is 10.2. The molecule has 1 unspecified atom stereocenters. The zero-order chi connectivity index (χ0) is 15.7. The fourth-order valence-corrected chi connectivity index (χ4v) is 2.09. The molecule has 0 radical (unpaired) electrons. The molecule has 0 amide bonds. The zero-order valence-corrected chi connectivity index (χ0v) is 12.0. The molecule has 0 aliphatic heterocycles. The molecular weight excluding hydrogens is 288 g/mol. The molecule has 0 aliphatic carbocycles. The number of aromatic amines is 1. The summed E-state index contributed by atoms with van der Waals surface area (Å²) in [5.41, 5.74) is 1.07. The van der Waals surface area contributed by atoms with Gasteiger partial charge in [-0.2, -0.15) is 10.1 Å². The van der Waals surface area contributed by atoms with Crippen molar-refractivity contribution in [3.05, 3.63) is 34.1 Å². The SMILES string of the molecule is CNC(C)Cc1noc(-c2n[nH]c3ccc([N+](=O)[O-])cc23)n1. The van der Waals surface area contributed by atoms with E-state index in [1.165, 1.54) is 12.1 Å². The summed E-state index contributed by atoms with van der Waals surface area (Å²) in [7, 11) is 1.85. The van der Waals surface area contributed by atoms with E-state index in [4.69, 9.17) is 4.52 Å². The minimum absolute atomic E-state index is 0.0151. The van der Waals surface area contributed by atoms with Crippen molar-refractivity contribution in [2.75, 3.05) is 7.05 Å². The normalized spacial score (nSPS) is 12.6. The molecule has 0 bridgehead atoms. The second kappa shape index (κ2) is 5.53. The van der Waals surface area contributed by atoms with Crippen LogP contribution >= 0.6 is 0 Å². The van der Waals surface area contributed by atoms with Gasteiger partial charge in [0.25, 0.3) is 11.6 Å². The minimum atomic E-state index is -0.454. The third-order valence-electron chi connectivity index (χ3n) is 3.41. The van der Waals surface area contributed by atoms with E-state index in [0.717, 1.165) is 0 Å². The Morgan fingerprint density at radius 1 is 1.50 bits per heavy atom. The first-order valence-corrected chi connectivity index (χ1v) is 6.71. The maximum Gasteiger partial charge on any atom is 0.279 e. The fourth-order valence-electron chi connectivity index (χ4n) is 2.09. The number of non-ortho nitro benzene ring substituents is 1. The van der Waals surface area contributed by atoms with Gasteiger partial charge in [-0.15, -0.1) is 0 Å². The lowest BCUT2D eigenvalue weighted by molar-refractivity contribution is -0.384. The molecule has 2 N–H and O–H groups in total. The Bertz CT molecular complexity index is 824. The van der Waals surface area contributed by atoms with Crippen molar-refractivity contribution < 1.29 is 9.45 Å². The molecule has 2 aromatic heterocycles. The number of nitro benzene ring substituents is 1. The standard InChI is InChI=1S/C13H14N6O3/c1-7(14-2)5-11-15-13(22-18-11)12-9-6-8(19(20)21)3-4-10(9)16-17-12/h3-4,6-7,14H,5H2,1-2H3,(H,16,17). The summed E-state index contributed by atoms with van der Waals surface area (Å²) in [6, 6.07) is 4.67. The number of nitrogens with one attached hydrogen (secondary N) is 2. The first-order chi connectivity index (χ1) is 10.6. The number of nitrogens with zero attached hydrogens (tertiary/aromatic N) is 4. The molecule has 0 aliphatic rings. The topological polar surface area (TPSA) is 123 Å². The molecule has 1 aromatic carbocycles. The number of fused-ring (bicyclic) bond motifs is 1. The van der Waals surface area contributed by atoms with Gasteiger partial charge < -0.3 is 9.84 Å². The van der Waals surface area contributed by atoms with E-state index in [9.17, 15) is 10.1 Å². The van der Waals surface area contributed by atoms with Gasteiger partial charge in [0, 0.05) is 30.0 Å². The molecule has 0 saturated carbocycles. The molecule has 1 atom stereocenters. The predicted molar refractivity (Wildman–Crippen MR) is 78.3 cm³/mol. The van der Waals surface area contributed by atoms with Gasteiger partial charge in [0.15, 0.2) is 11.5 Å². The summed E-state index contributed by atoms with van der Waals surface area (Å²) in [5, 5.41) is 25.4. The molecule has 0 fully saturated rings. The van der Waals surface area contributed by atoms with Crippen LogP contribution in [0.2, 0.25) is 0 Å². The average Bonchev–Trinajstić information content (AvgIpc) is 3.12. The van der Waals surface area contributed by atoms with Crippen molar-refractivity contribution in [3.8, 4) is 11.6 Å². The highest BCUT2D eigenvalue weighted by atomic mass is 16.6. The number of aromatic nitrogens is 4. The van der Waals surface area contributed by atoms with E-state index in [2.05, 4.69) is 25.7 Å². The quantitative estimate of drug-likeness (QED) is 0.542. The van der Waals surface area contributed by atoms with E-state index in [1.54, 1.807) is 6.07 Å². The largest absolute Gasteiger partial charge is 0.332 e. The van der Waals surface area contributed by atoms with E-state index < -0.39 is 4.92 Å². The first-order valence-electron chi connectivity index (χ1n) is 6.71. The van der Waals surface area contributed by atoms with Crippen LogP contribution in [0, 0.1) is 10.1 Å². The number of benzene rings is 1. The van der Waals surface area contributed by atoms with Gasteiger partial charge in [0.2, 0.25) is 0 Å². The fraction of sp³-hybridized carbons (Fsp3) is 0.308. The second-order valence-electron chi connectivity index (χ2n) is 4.97. The van der Waals surface area contributed by atoms with Gasteiger partial charge in [0.1, 0.15) is 0 Å². The lowest BCUT2D eigenvalue weighted by Gasteiger charge is -2.04. The molecule has 3 rings (SSSR count). The highest BCUT2D eigenvalue weighted by Gasteiger charge is 2.18. The number of hydrogen-bond donors (Lipinski definition) is 2. The maximum atomic E-state index is 10.9. The van der Waals surface area contributed by atoms with Gasteiger partial charge in [-0.05, 0) is 20.0 Å². The highest BCUT2D eigenvalue weighted by molar-refractivity contribution is 5.92. The van der Waals surface area contributed by atoms with Crippen LogP contribution in [0.15, 0.2) is 22.7 Å². The Kier molecular flexibility index (Phi) is 3.55. The van der Waals surface area contributed by atoms with Crippen molar-refractivity contribution in [1.29, 1.82) is 0 Å². The van der Waals surface area contributed by atoms with Gasteiger partial charge in [-0.25, -0.2) is 0 Å². The van der Waals surface area contributed by atoms with Gasteiger partial charge >= 0.3 is 0 Å². The highest BCUT2D eigenvalue weighted by Crippen LogP contribution is 2.28. The van der Waals surface area contributed by atoms with Crippen LogP contribution in [0.3, 0.4) is 0 Å². The van der Waals surface area contributed by atoms with E-state index in [0.29, 0.717) is 28.8 Å². The number of H-pyrrole nitrogens is 1. The summed E-state index contributed by atoms with van der Waals surface area (Å²) in [5.74, 6) is 0.795. The van der Waals surface area contributed by atoms with Crippen molar-refractivity contribution in [2.24, 2.45) is 0 Å². The molecule has 0 saturated heterocycles. The summed E-state index contributed by atoms with van der Waals surface area (Å²) < 4.78 is 5.22. The monoisotopic (exact) mass is 302 g/mol. The second-order valence-corrected chi connectivity index (χ2v) is 4.97. The first kappa shape index (κ1) is 14.1. The summed E-state index contributed by atoms with van der Waals surface area (Å²) >= 11 is 0. The Labute approximate surface area is 124 Å². The lowest BCUT2D eigenvalue weighted by Crippen LogP contribution is -2.24. The number of nitro groups is 1. The Morgan fingerprint density at radius 2 is 2.32 bits per heavy atom. The molecule has 2 heterocycles. The van der Waals surface area contributed by atoms with Crippen molar-refractivity contribution in [3.63, 3.8) is 0 Å². The maximum absolute atomic E-state index is 10.9. The van der Waals surface area contributed by atoms with Crippen molar-refractivity contribution in [1.82, 2.24) is 25.7 Å². The Balaban J connectivity index is 1.99. The van der Waals surface area contributed by atoms with E-state index >= 15 is 0 Å². The third kappa shape index (κ3) is 2.53. The summed E-state index contributed by atoms with van der Waals surface area (Å²) in [6.07, 6.45) is 0.614. The molecule has 114 valence electrons.